The molecule has 0 spiro atoms. The number of aryl methyl sites for hydroxylation is 2. The minimum absolute atomic E-state index is 0.0105. The average Bonchev–Trinajstić information content (AvgIpc) is 2.65. The first-order valence-electron chi connectivity index (χ1n) is 5.09. The van der Waals surface area contributed by atoms with Crippen LogP contribution in [0, 0.1) is 17.0 Å². The van der Waals surface area contributed by atoms with Crippen LogP contribution in [0.25, 0.3) is 0 Å². The molecule has 2 rings (SSSR count). The molecule has 1 aromatic carbocycles. The standard InChI is InChI=1S/C11H10BrN3O3/c1-7-3-4-8(12)5-10(7)18-11-9(15(16)17)6-14(2)13-11/h3-6H,1-2H3. The molecule has 0 atom stereocenters. The Kier molecular flexibility index (Phi) is 3.33. The third-order valence-electron chi connectivity index (χ3n) is 2.33. The van der Waals surface area contributed by atoms with Crippen molar-refractivity contribution in [3.63, 3.8) is 0 Å². The van der Waals surface area contributed by atoms with Crippen LogP contribution in [0.1, 0.15) is 5.56 Å². The average molecular weight is 312 g/mol. The molecule has 0 aliphatic carbocycles. The Bertz CT molecular complexity index is 610. The highest BCUT2D eigenvalue weighted by Crippen LogP contribution is 2.32. The molecule has 0 saturated heterocycles. The fraction of sp³-hybridized carbons (Fsp3) is 0.182. The van der Waals surface area contributed by atoms with Crippen LogP contribution in [-0.2, 0) is 7.05 Å². The van der Waals surface area contributed by atoms with Gasteiger partial charge in [0.2, 0.25) is 0 Å². The van der Waals surface area contributed by atoms with E-state index in [4.69, 9.17) is 4.74 Å². The van der Waals surface area contributed by atoms with Crippen LogP contribution in [-0.4, -0.2) is 14.7 Å². The highest BCUT2D eigenvalue weighted by Gasteiger charge is 2.21. The van der Waals surface area contributed by atoms with E-state index in [9.17, 15) is 10.1 Å². The maximum absolute atomic E-state index is 10.8. The van der Waals surface area contributed by atoms with Gasteiger partial charge in [0.25, 0.3) is 0 Å². The monoisotopic (exact) mass is 311 g/mol. The molecule has 0 fully saturated rings. The molecule has 1 aromatic heterocycles. The predicted molar refractivity (Wildman–Crippen MR) is 68.8 cm³/mol. The normalized spacial score (nSPS) is 10.4. The van der Waals surface area contributed by atoms with E-state index >= 15 is 0 Å². The summed E-state index contributed by atoms with van der Waals surface area (Å²) < 4.78 is 7.68. The van der Waals surface area contributed by atoms with Gasteiger partial charge in [-0.2, -0.15) is 0 Å². The minimum Gasteiger partial charge on any atom is -0.432 e. The van der Waals surface area contributed by atoms with Gasteiger partial charge in [0.05, 0.1) is 4.92 Å². The van der Waals surface area contributed by atoms with E-state index in [1.807, 2.05) is 19.1 Å². The number of nitro groups is 1. The van der Waals surface area contributed by atoms with Gasteiger partial charge in [-0.05, 0) is 24.6 Å². The van der Waals surface area contributed by atoms with Gasteiger partial charge in [0.15, 0.2) is 0 Å². The maximum Gasteiger partial charge on any atom is 0.350 e. The topological polar surface area (TPSA) is 70.2 Å². The van der Waals surface area contributed by atoms with Crippen LogP contribution in [0.5, 0.6) is 11.6 Å². The molecule has 0 saturated carbocycles. The van der Waals surface area contributed by atoms with Crippen LogP contribution >= 0.6 is 15.9 Å². The number of rotatable bonds is 3. The number of aromatic nitrogens is 2. The van der Waals surface area contributed by atoms with Gasteiger partial charge >= 0.3 is 11.6 Å². The molecule has 0 bridgehead atoms. The highest BCUT2D eigenvalue weighted by molar-refractivity contribution is 9.10. The van der Waals surface area contributed by atoms with Crippen molar-refractivity contribution in [2.45, 2.75) is 6.92 Å². The molecule has 0 unspecified atom stereocenters. The Morgan fingerprint density at radius 1 is 1.50 bits per heavy atom. The van der Waals surface area contributed by atoms with Gasteiger partial charge < -0.3 is 4.74 Å². The lowest BCUT2D eigenvalue weighted by atomic mass is 10.2. The summed E-state index contributed by atoms with van der Waals surface area (Å²) in [5, 5.41) is 14.8. The van der Waals surface area contributed by atoms with E-state index in [1.54, 1.807) is 13.1 Å². The molecule has 6 nitrogen and oxygen atoms in total. The highest BCUT2D eigenvalue weighted by atomic mass is 79.9. The molecule has 0 radical (unpaired) electrons. The van der Waals surface area contributed by atoms with Crippen LogP contribution < -0.4 is 4.74 Å². The Balaban J connectivity index is 2.39. The number of hydrogen-bond acceptors (Lipinski definition) is 4. The number of hydrogen-bond donors (Lipinski definition) is 0. The summed E-state index contributed by atoms with van der Waals surface area (Å²) in [6, 6.07) is 5.47. The van der Waals surface area contributed by atoms with E-state index in [0.717, 1.165) is 10.0 Å². The van der Waals surface area contributed by atoms with E-state index in [-0.39, 0.29) is 11.6 Å². The third kappa shape index (κ3) is 2.51. The first-order chi connectivity index (χ1) is 8.47. The molecular formula is C11H10BrN3O3. The van der Waals surface area contributed by atoms with Gasteiger partial charge in [-0.25, -0.2) is 0 Å². The van der Waals surface area contributed by atoms with Gasteiger partial charge in [-0.15, -0.1) is 5.10 Å². The lowest BCUT2D eigenvalue weighted by Gasteiger charge is -2.05. The molecule has 7 heteroatoms. The zero-order chi connectivity index (χ0) is 13.3. The van der Waals surface area contributed by atoms with Crippen molar-refractivity contribution in [1.29, 1.82) is 0 Å². The molecular weight excluding hydrogens is 302 g/mol. The first kappa shape index (κ1) is 12.6. The quantitative estimate of drug-likeness (QED) is 0.644. The smallest absolute Gasteiger partial charge is 0.350 e. The molecule has 1 heterocycles. The fourth-order valence-corrected chi connectivity index (χ4v) is 1.78. The van der Waals surface area contributed by atoms with Crippen LogP contribution in [0.4, 0.5) is 5.69 Å². The van der Waals surface area contributed by atoms with Crippen molar-refractivity contribution in [1.82, 2.24) is 9.78 Å². The Morgan fingerprint density at radius 2 is 2.22 bits per heavy atom. The Labute approximate surface area is 111 Å². The van der Waals surface area contributed by atoms with Crippen LogP contribution in [0.3, 0.4) is 0 Å². The largest absolute Gasteiger partial charge is 0.432 e. The summed E-state index contributed by atoms with van der Waals surface area (Å²) in [6.07, 6.45) is 1.31. The van der Waals surface area contributed by atoms with Crippen molar-refractivity contribution in [3.05, 3.63) is 44.5 Å². The Hall–Kier alpha value is -1.89. The molecule has 18 heavy (non-hydrogen) atoms. The zero-order valence-electron chi connectivity index (χ0n) is 9.75. The molecule has 0 amide bonds. The number of halogens is 1. The summed E-state index contributed by atoms with van der Waals surface area (Å²) in [5.41, 5.74) is 0.718. The van der Waals surface area contributed by atoms with Crippen molar-refractivity contribution in [2.24, 2.45) is 7.05 Å². The van der Waals surface area contributed by atoms with Gasteiger partial charge in [0.1, 0.15) is 11.9 Å². The third-order valence-corrected chi connectivity index (χ3v) is 2.82. The molecule has 2 aromatic rings. The van der Waals surface area contributed by atoms with Crippen molar-refractivity contribution < 1.29 is 9.66 Å². The number of ether oxygens (including phenoxy) is 1. The molecule has 0 aliphatic rings. The van der Waals surface area contributed by atoms with E-state index in [1.165, 1.54) is 10.9 Å². The summed E-state index contributed by atoms with van der Waals surface area (Å²) in [5.74, 6) is 0.523. The van der Waals surface area contributed by atoms with Crippen molar-refractivity contribution >= 4 is 21.6 Å². The summed E-state index contributed by atoms with van der Waals surface area (Å²) in [4.78, 5) is 10.3. The predicted octanol–water partition coefficient (Wildman–Crippen LogP) is 3.19. The van der Waals surface area contributed by atoms with E-state index in [0.29, 0.717) is 5.75 Å². The second-order valence-electron chi connectivity index (χ2n) is 3.76. The Morgan fingerprint density at radius 3 is 2.89 bits per heavy atom. The second-order valence-corrected chi connectivity index (χ2v) is 4.68. The SMILES string of the molecule is Cc1ccc(Br)cc1Oc1nn(C)cc1[N+](=O)[O-]. The molecule has 0 N–H and O–H groups in total. The molecule has 0 aliphatic heterocycles. The second kappa shape index (κ2) is 4.77. The molecule has 94 valence electrons. The van der Waals surface area contributed by atoms with Crippen LogP contribution in [0.2, 0.25) is 0 Å². The van der Waals surface area contributed by atoms with E-state index in [2.05, 4.69) is 21.0 Å². The fourth-order valence-electron chi connectivity index (χ4n) is 1.44. The van der Waals surface area contributed by atoms with Gasteiger partial charge in [0, 0.05) is 11.5 Å². The minimum atomic E-state index is -0.518. The number of nitrogens with zero attached hydrogens (tertiary/aromatic N) is 3. The van der Waals surface area contributed by atoms with Gasteiger partial charge in [-0.1, -0.05) is 22.0 Å². The maximum atomic E-state index is 10.8. The summed E-state index contributed by atoms with van der Waals surface area (Å²) in [6.45, 7) is 1.86. The number of benzene rings is 1. The zero-order valence-corrected chi connectivity index (χ0v) is 11.3. The van der Waals surface area contributed by atoms with Crippen molar-refractivity contribution in [3.8, 4) is 11.6 Å². The van der Waals surface area contributed by atoms with Crippen molar-refractivity contribution in [2.75, 3.05) is 0 Å². The van der Waals surface area contributed by atoms with Crippen LogP contribution in [0.15, 0.2) is 28.9 Å². The lowest BCUT2D eigenvalue weighted by Crippen LogP contribution is -1.93. The van der Waals surface area contributed by atoms with Gasteiger partial charge in [-0.3, -0.25) is 14.8 Å². The lowest BCUT2D eigenvalue weighted by molar-refractivity contribution is -0.385. The van der Waals surface area contributed by atoms with E-state index < -0.39 is 4.92 Å². The summed E-state index contributed by atoms with van der Waals surface area (Å²) in [7, 11) is 1.60. The summed E-state index contributed by atoms with van der Waals surface area (Å²) >= 11 is 3.32. The first-order valence-corrected chi connectivity index (χ1v) is 5.88.